The fourth-order valence-corrected chi connectivity index (χ4v) is 7.32. The van der Waals surface area contributed by atoms with Crippen molar-refractivity contribution in [3.8, 4) is 22.3 Å². The summed E-state index contributed by atoms with van der Waals surface area (Å²) in [7, 11) is 0. The van der Waals surface area contributed by atoms with Gasteiger partial charge < -0.3 is 0 Å². The molecule has 174 valence electrons. The quantitative estimate of drug-likeness (QED) is 0.237. The van der Waals surface area contributed by atoms with E-state index >= 15 is 0 Å². The van der Waals surface area contributed by atoms with Gasteiger partial charge in [0.2, 0.25) is 0 Å². The first-order valence-corrected chi connectivity index (χ1v) is 13.2. The summed E-state index contributed by atoms with van der Waals surface area (Å²) in [6, 6.07) is 45.4. The Morgan fingerprint density at radius 3 is 1.54 bits per heavy atom. The van der Waals surface area contributed by atoms with E-state index in [0.717, 1.165) is 6.42 Å². The van der Waals surface area contributed by atoms with E-state index < -0.39 is 0 Å². The lowest BCUT2D eigenvalue weighted by Crippen LogP contribution is -2.29. The van der Waals surface area contributed by atoms with Crippen LogP contribution in [0.25, 0.3) is 22.3 Å². The van der Waals surface area contributed by atoms with Gasteiger partial charge in [-0.2, -0.15) is 0 Å². The molecule has 1 unspecified atom stereocenters. The van der Waals surface area contributed by atoms with E-state index in [1.807, 2.05) is 0 Å². The number of fused-ring (bicyclic) bond motifs is 10. The van der Waals surface area contributed by atoms with Crippen LogP contribution in [-0.4, -0.2) is 0 Å². The maximum absolute atomic E-state index is 2.53. The largest absolute Gasteiger partial charge is 0.0830 e. The minimum Gasteiger partial charge on any atom is -0.0830 e. The third kappa shape index (κ3) is 2.58. The maximum atomic E-state index is 2.53. The zero-order valence-corrected chi connectivity index (χ0v) is 20.6. The molecular weight excluding hydrogens is 444 g/mol. The highest BCUT2D eigenvalue weighted by molar-refractivity contribution is 5.95. The predicted octanol–water partition coefficient (Wildman–Crippen LogP) is 8.83. The molecule has 37 heavy (non-hydrogen) atoms. The Balaban J connectivity index is 1.48. The summed E-state index contributed by atoms with van der Waals surface area (Å²) in [5, 5.41) is 0. The van der Waals surface area contributed by atoms with Crippen molar-refractivity contribution in [1.82, 2.24) is 0 Å². The summed E-state index contributed by atoms with van der Waals surface area (Å²) in [6.07, 6.45) is 10.1. The van der Waals surface area contributed by atoms with Crippen molar-refractivity contribution in [3.05, 3.63) is 179 Å². The van der Waals surface area contributed by atoms with Gasteiger partial charge in [0.05, 0.1) is 5.41 Å². The van der Waals surface area contributed by atoms with Gasteiger partial charge in [0, 0.05) is 5.41 Å². The molecule has 0 nitrogen and oxygen atoms in total. The molecule has 0 saturated carbocycles. The first kappa shape index (κ1) is 20.7. The number of hydrogen-bond donors (Lipinski definition) is 0. The molecular formula is C37H26. The Morgan fingerprint density at radius 2 is 0.973 bits per heavy atom. The molecule has 8 rings (SSSR count). The molecule has 0 fully saturated rings. The smallest absolute Gasteiger partial charge is 0.0725 e. The number of hydrogen-bond acceptors (Lipinski definition) is 0. The third-order valence-corrected chi connectivity index (χ3v) is 8.87. The van der Waals surface area contributed by atoms with Gasteiger partial charge in [0.25, 0.3) is 0 Å². The zero-order chi connectivity index (χ0) is 24.5. The van der Waals surface area contributed by atoms with Crippen LogP contribution in [0, 0.1) is 0 Å². The molecule has 5 aromatic carbocycles. The lowest BCUT2D eigenvalue weighted by molar-refractivity contribution is 0.644. The average Bonchev–Trinajstić information content (AvgIpc) is 3.45. The third-order valence-electron chi connectivity index (χ3n) is 8.87. The summed E-state index contributed by atoms with van der Waals surface area (Å²) in [5.41, 5.74) is 13.2. The number of benzene rings is 5. The highest BCUT2D eigenvalue weighted by atomic mass is 14.5. The summed E-state index contributed by atoms with van der Waals surface area (Å²) < 4.78 is 0. The van der Waals surface area contributed by atoms with Gasteiger partial charge in [-0.15, -0.1) is 0 Å². The predicted molar refractivity (Wildman–Crippen MR) is 153 cm³/mol. The van der Waals surface area contributed by atoms with Crippen LogP contribution >= 0.6 is 0 Å². The molecule has 0 heteroatoms. The fourth-order valence-electron chi connectivity index (χ4n) is 7.32. The van der Waals surface area contributed by atoms with Crippen LogP contribution in [0.4, 0.5) is 0 Å². The highest BCUT2D eigenvalue weighted by Gasteiger charge is 2.51. The monoisotopic (exact) mass is 470 g/mol. The number of rotatable bonds is 2. The van der Waals surface area contributed by atoms with Crippen LogP contribution < -0.4 is 0 Å². The molecule has 0 saturated heterocycles. The Labute approximate surface area is 218 Å². The normalized spacial score (nSPS) is 19.4. The first-order chi connectivity index (χ1) is 18.3. The number of allylic oxidation sites excluding steroid dienone is 4. The molecule has 3 aliphatic rings. The van der Waals surface area contributed by atoms with E-state index in [1.54, 1.807) is 0 Å². The summed E-state index contributed by atoms with van der Waals surface area (Å²) in [4.78, 5) is 0. The minimum atomic E-state index is -0.304. The maximum Gasteiger partial charge on any atom is 0.0725 e. The summed E-state index contributed by atoms with van der Waals surface area (Å²) in [5.74, 6) is 0. The Hall–Kier alpha value is -4.42. The van der Waals surface area contributed by atoms with Gasteiger partial charge in [-0.05, 0) is 62.1 Å². The molecule has 0 heterocycles. The molecule has 0 N–H and O–H groups in total. The Bertz CT molecular complexity index is 1690. The van der Waals surface area contributed by atoms with Crippen LogP contribution in [-0.2, 0) is 10.8 Å². The molecule has 0 aliphatic heterocycles. The van der Waals surface area contributed by atoms with Crippen LogP contribution in [0.15, 0.2) is 146 Å². The van der Waals surface area contributed by atoms with Crippen LogP contribution in [0.3, 0.4) is 0 Å². The van der Waals surface area contributed by atoms with Gasteiger partial charge in [-0.25, -0.2) is 0 Å². The molecule has 1 atom stereocenters. The van der Waals surface area contributed by atoms with Crippen molar-refractivity contribution in [2.45, 2.75) is 17.3 Å². The zero-order valence-electron chi connectivity index (χ0n) is 20.6. The lowest BCUT2D eigenvalue weighted by Gasteiger charge is -2.35. The molecule has 3 aliphatic carbocycles. The van der Waals surface area contributed by atoms with Crippen molar-refractivity contribution in [1.29, 1.82) is 0 Å². The average molecular weight is 471 g/mol. The molecule has 0 aromatic heterocycles. The second-order valence-corrected chi connectivity index (χ2v) is 10.5. The Kier molecular flexibility index (Phi) is 4.23. The summed E-state index contributed by atoms with van der Waals surface area (Å²) >= 11 is 0. The van der Waals surface area contributed by atoms with Gasteiger partial charge in [-0.1, -0.05) is 146 Å². The van der Waals surface area contributed by atoms with Crippen molar-refractivity contribution >= 4 is 0 Å². The van der Waals surface area contributed by atoms with Crippen molar-refractivity contribution in [3.63, 3.8) is 0 Å². The first-order valence-electron chi connectivity index (χ1n) is 13.2. The van der Waals surface area contributed by atoms with Crippen LogP contribution in [0.2, 0.25) is 0 Å². The standard InChI is InChI=1S/C37H26/c1-3-13-26(14-4-1)36(23-11-2-12-24-36)27-21-22-31-30-17-7-10-20-34(30)37(35(31)25-27)32-18-8-5-15-28(32)29-16-6-9-19-33(29)37/h1-23,25H,24H2. The molecule has 0 bridgehead atoms. The van der Waals surface area contributed by atoms with E-state index in [4.69, 9.17) is 0 Å². The summed E-state index contributed by atoms with van der Waals surface area (Å²) in [6.45, 7) is 0. The van der Waals surface area contributed by atoms with E-state index in [-0.39, 0.29) is 10.8 Å². The van der Waals surface area contributed by atoms with E-state index in [0.29, 0.717) is 0 Å². The lowest BCUT2D eigenvalue weighted by atomic mass is 9.67. The van der Waals surface area contributed by atoms with E-state index in [2.05, 4.69) is 146 Å². The fraction of sp³-hybridized carbons (Fsp3) is 0.0811. The minimum absolute atomic E-state index is 0.182. The SMILES string of the molecule is C1=CCC(c2ccccc2)(c2ccc3c(c2)C2(c4ccccc4-c4ccccc42)c2ccccc2-3)C=C1. The van der Waals surface area contributed by atoms with Crippen LogP contribution in [0.1, 0.15) is 39.8 Å². The second-order valence-electron chi connectivity index (χ2n) is 10.5. The molecule has 0 amide bonds. The molecule has 5 aromatic rings. The second kappa shape index (κ2) is 7.54. The van der Waals surface area contributed by atoms with Crippen molar-refractivity contribution in [2.75, 3.05) is 0 Å². The van der Waals surface area contributed by atoms with Crippen molar-refractivity contribution in [2.24, 2.45) is 0 Å². The highest BCUT2D eigenvalue weighted by Crippen LogP contribution is 2.63. The molecule has 1 spiro atoms. The topological polar surface area (TPSA) is 0 Å². The van der Waals surface area contributed by atoms with Gasteiger partial charge in [-0.3, -0.25) is 0 Å². The Morgan fingerprint density at radius 1 is 0.432 bits per heavy atom. The van der Waals surface area contributed by atoms with Gasteiger partial charge in [0.1, 0.15) is 0 Å². The van der Waals surface area contributed by atoms with E-state index in [1.165, 1.54) is 55.6 Å². The molecule has 0 radical (unpaired) electrons. The van der Waals surface area contributed by atoms with Gasteiger partial charge in [0.15, 0.2) is 0 Å². The van der Waals surface area contributed by atoms with Crippen molar-refractivity contribution < 1.29 is 0 Å². The van der Waals surface area contributed by atoms with Crippen LogP contribution in [0.5, 0.6) is 0 Å². The van der Waals surface area contributed by atoms with Gasteiger partial charge >= 0.3 is 0 Å². The van der Waals surface area contributed by atoms with E-state index in [9.17, 15) is 0 Å².